The van der Waals surface area contributed by atoms with E-state index >= 15 is 0 Å². The van der Waals surface area contributed by atoms with Crippen molar-refractivity contribution < 1.29 is 32.6 Å². The Labute approximate surface area is 150 Å². The van der Waals surface area contributed by atoms with Gasteiger partial charge in [0.25, 0.3) is 5.91 Å². The zero-order valence-corrected chi connectivity index (χ0v) is 13.8. The molecule has 0 spiro atoms. The molecule has 0 radical (unpaired) electrons. The molecule has 1 amide bonds. The molecule has 0 saturated heterocycles. The van der Waals surface area contributed by atoms with Crippen molar-refractivity contribution in [1.82, 2.24) is 4.98 Å². The molecular formula is C16H12ClF3N2O4. The monoisotopic (exact) mass is 388 g/mol. The minimum atomic E-state index is -4.61. The molecule has 2 aromatic rings. The van der Waals surface area contributed by atoms with Crippen LogP contribution in [0.3, 0.4) is 0 Å². The molecule has 0 aliphatic rings. The Morgan fingerprint density at radius 1 is 1.23 bits per heavy atom. The number of halogens is 4. The van der Waals surface area contributed by atoms with Gasteiger partial charge < -0.3 is 15.2 Å². The zero-order valence-electron chi connectivity index (χ0n) is 13.0. The minimum Gasteiger partial charge on any atom is -0.452 e. The van der Waals surface area contributed by atoms with Crippen molar-refractivity contribution in [2.45, 2.75) is 12.8 Å². The van der Waals surface area contributed by atoms with Gasteiger partial charge in [0, 0.05) is 6.20 Å². The van der Waals surface area contributed by atoms with Crippen LogP contribution in [0.5, 0.6) is 0 Å². The molecule has 0 saturated carbocycles. The summed E-state index contributed by atoms with van der Waals surface area (Å²) in [6, 6.07) is 6.49. The predicted octanol–water partition coefficient (Wildman–Crippen LogP) is 3.04. The van der Waals surface area contributed by atoms with Crippen LogP contribution in [0.15, 0.2) is 36.5 Å². The molecule has 26 heavy (non-hydrogen) atoms. The molecule has 10 heteroatoms. The molecule has 0 unspecified atom stereocenters. The number of hydrogen-bond donors (Lipinski definition) is 2. The van der Waals surface area contributed by atoms with E-state index in [2.05, 4.69) is 10.3 Å². The fourth-order valence-corrected chi connectivity index (χ4v) is 2.03. The second-order valence-corrected chi connectivity index (χ2v) is 5.44. The SMILES string of the molecule is O=C(COC(=O)c1ccc(CO)cc1)Nc1ncc(C(F)(F)F)cc1Cl. The van der Waals surface area contributed by atoms with E-state index in [1.54, 1.807) is 0 Å². The Hall–Kier alpha value is -2.65. The van der Waals surface area contributed by atoms with E-state index in [1.807, 2.05) is 0 Å². The van der Waals surface area contributed by atoms with Gasteiger partial charge in [-0.2, -0.15) is 13.2 Å². The van der Waals surface area contributed by atoms with E-state index in [0.29, 0.717) is 17.8 Å². The summed E-state index contributed by atoms with van der Waals surface area (Å²) in [6.07, 6.45) is -4.09. The summed E-state index contributed by atoms with van der Waals surface area (Å²) < 4.78 is 42.4. The number of aliphatic hydroxyl groups is 1. The van der Waals surface area contributed by atoms with Gasteiger partial charge in [0.2, 0.25) is 0 Å². The second kappa shape index (κ2) is 8.15. The number of aromatic nitrogens is 1. The van der Waals surface area contributed by atoms with Crippen LogP contribution in [0.4, 0.5) is 19.0 Å². The topological polar surface area (TPSA) is 88.5 Å². The Morgan fingerprint density at radius 2 is 1.88 bits per heavy atom. The summed E-state index contributed by atoms with van der Waals surface area (Å²) in [6.45, 7) is -0.863. The number of alkyl halides is 3. The van der Waals surface area contributed by atoms with Crippen molar-refractivity contribution in [3.05, 3.63) is 58.2 Å². The van der Waals surface area contributed by atoms with Crippen LogP contribution in [0.2, 0.25) is 5.02 Å². The van der Waals surface area contributed by atoms with Crippen LogP contribution in [0.25, 0.3) is 0 Å². The third kappa shape index (κ3) is 5.17. The molecular weight excluding hydrogens is 377 g/mol. The van der Waals surface area contributed by atoms with Gasteiger partial charge in [0.1, 0.15) is 0 Å². The van der Waals surface area contributed by atoms with Crippen LogP contribution in [-0.4, -0.2) is 28.6 Å². The van der Waals surface area contributed by atoms with Gasteiger partial charge in [-0.3, -0.25) is 4.79 Å². The van der Waals surface area contributed by atoms with Gasteiger partial charge in [-0.25, -0.2) is 9.78 Å². The second-order valence-electron chi connectivity index (χ2n) is 5.03. The zero-order chi connectivity index (χ0) is 19.3. The number of aliphatic hydroxyl groups excluding tert-OH is 1. The lowest BCUT2D eigenvalue weighted by molar-refractivity contribution is -0.137. The first-order valence-corrected chi connectivity index (χ1v) is 7.48. The van der Waals surface area contributed by atoms with E-state index in [-0.39, 0.29) is 18.0 Å². The highest BCUT2D eigenvalue weighted by Gasteiger charge is 2.31. The van der Waals surface area contributed by atoms with E-state index in [4.69, 9.17) is 21.4 Å². The molecule has 2 rings (SSSR count). The summed E-state index contributed by atoms with van der Waals surface area (Å²) in [5.74, 6) is -1.89. The Balaban J connectivity index is 1.93. The molecule has 1 aromatic heterocycles. The molecule has 2 N–H and O–H groups in total. The number of esters is 1. The molecule has 138 valence electrons. The first-order chi connectivity index (χ1) is 12.2. The first-order valence-electron chi connectivity index (χ1n) is 7.10. The Bertz CT molecular complexity index is 810. The maximum atomic E-state index is 12.5. The van der Waals surface area contributed by atoms with Gasteiger partial charge in [0.15, 0.2) is 12.4 Å². The minimum absolute atomic E-state index is 0.167. The van der Waals surface area contributed by atoms with Crippen molar-refractivity contribution >= 4 is 29.3 Å². The number of carbonyl (C=O) groups is 2. The van der Waals surface area contributed by atoms with Crippen molar-refractivity contribution in [2.24, 2.45) is 0 Å². The summed E-state index contributed by atoms with van der Waals surface area (Å²) in [5, 5.41) is 10.7. The maximum absolute atomic E-state index is 12.5. The fraction of sp³-hybridized carbons (Fsp3) is 0.188. The first kappa shape index (κ1) is 19.7. The third-order valence-electron chi connectivity index (χ3n) is 3.13. The van der Waals surface area contributed by atoms with E-state index in [1.165, 1.54) is 24.3 Å². The number of hydrogen-bond acceptors (Lipinski definition) is 5. The lowest BCUT2D eigenvalue weighted by atomic mass is 10.1. The number of benzene rings is 1. The van der Waals surface area contributed by atoms with Crippen molar-refractivity contribution in [1.29, 1.82) is 0 Å². The van der Waals surface area contributed by atoms with Crippen LogP contribution in [0, 0.1) is 0 Å². The largest absolute Gasteiger partial charge is 0.452 e. The summed E-state index contributed by atoms with van der Waals surface area (Å²) in [4.78, 5) is 27.0. The van der Waals surface area contributed by atoms with Gasteiger partial charge in [-0.1, -0.05) is 23.7 Å². The van der Waals surface area contributed by atoms with Gasteiger partial charge in [-0.05, 0) is 23.8 Å². The number of anilines is 1. The number of amides is 1. The summed E-state index contributed by atoms with van der Waals surface area (Å²) in [5.41, 5.74) is -0.291. The highest BCUT2D eigenvalue weighted by molar-refractivity contribution is 6.33. The van der Waals surface area contributed by atoms with Crippen LogP contribution in [0.1, 0.15) is 21.5 Å². The summed E-state index contributed by atoms with van der Waals surface area (Å²) in [7, 11) is 0. The summed E-state index contributed by atoms with van der Waals surface area (Å²) >= 11 is 5.66. The van der Waals surface area contributed by atoms with E-state index in [0.717, 1.165) is 0 Å². The average Bonchev–Trinajstić information content (AvgIpc) is 2.60. The Kier molecular flexibility index (Phi) is 6.17. The quantitative estimate of drug-likeness (QED) is 0.769. The molecule has 6 nitrogen and oxygen atoms in total. The molecule has 0 bridgehead atoms. The number of rotatable bonds is 5. The number of carbonyl (C=O) groups excluding carboxylic acids is 2. The van der Waals surface area contributed by atoms with Crippen LogP contribution < -0.4 is 5.32 Å². The van der Waals surface area contributed by atoms with Crippen molar-refractivity contribution in [3.63, 3.8) is 0 Å². The van der Waals surface area contributed by atoms with Crippen molar-refractivity contribution in [3.8, 4) is 0 Å². The lowest BCUT2D eigenvalue weighted by Crippen LogP contribution is -2.22. The molecule has 0 aliphatic heterocycles. The predicted molar refractivity (Wildman–Crippen MR) is 85.5 cm³/mol. The van der Waals surface area contributed by atoms with E-state index < -0.39 is 35.2 Å². The lowest BCUT2D eigenvalue weighted by Gasteiger charge is -2.10. The van der Waals surface area contributed by atoms with E-state index in [9.17, 15) is 22.8 Å². The van der Waals surface area contributed by atoms with Crippen molar-refractivity contribution in [2.75, 3.05) is 11.9 Å². The molecule has 0 aliphatic carbocycles. The van der Waals surface area contributed by atoms with Gasteiger partial charge >= 0.3 is 12.1 Å². The van der Waals surface area contributed by atoms with Gasteiger partial charge in [-0.15, -0.1) is 0 Å². The smallest absolute Gasteiger partial charge is 0.417 e. The van der Waals surface area contributed by atoms with Crippen LogP contribution in [-0.2, 0) is 22.3 Å². The fourth-order valence-electron chi connectivity index (χ4n) is 1.81. The van der Waals surface area contributed by atoms with Gasteiger partial charge in [0.05, 0.1) is 22.8 Å². The maximum Gasteiger partial charge on any atom is 0.417 e. The Morgan fingerprint density at radius 3 is 2.42 bits per heavy atom. The number of nitrogens with zero attached hydrogens (tertiary/aromatic N) is 1. The number of nitrogens with one attached hydrogen (secondary N) is 1. The highest BCUT2D eigenvalue weighted by atomic mass is 35.5. The van der Waals surface area contributed by atoms with Crippen LogP contribution >= 0.6 is 11.6 Å². The molecule has 0 atom stereocenters. The third-order valence-corrected chi connectivity index (χ3v) is 3.42. The molecule has 1 heterocycles. The molecule has 0 fully saturated rings. The average molecular weight is 389 g/mol. The standard InChI is InChI=1S/C16H12ClF3N2O4/c17-12-5-11(16(18,19)20)6-21-14(12)22-13(24)8-26-15(25)10-3-1-9(7-23)2-4-10/h1-6,23H,7-8H2,(H,21,22,24). The number of ether oxygens (including phenoxy) is 1. The highest BCUT2D eigenvalue weighted by Crippen LogP contribution is 2.32. The normalized spacial score (nSPS) is 11.1. The number of pyridine rings is 1. The molecule has 1 aromatic carbocycles.